The number of hydrogen-bond donors (Lipinski definition) is 0. The molecule has 0 N–H and O–H groups in total. The maximum absolute atomic E-state index is 10.7. The Kier molecular flexibility index (Phi) is 3.53. The molecule has 1 saturated heterocycles. The minimum absolute atomic E-state index is 0.0845. The van der Waals surface area contributed by atoms with E-state index in [1.54, 1.807) is 0 Å². The van der Waals surface area contributed by atoms with Crippen molar-refractivity contribution in [2.24, 2.45) is 5.92 Å². The van der Waals surface area contributed by atoms with E-state index in [9.17, 15) is 4.79 Å². The Balaban J connectivity index is 2.41. The smallest absolute Gasteiger partial charge is 0.302 e. The van der Waals surface area contributed by atoms with Crippen LogP contribution in [0.3, 0.4) is 0 Å². The average Bonchev–Trinajstić information content (AvgIpc) is 2.04. The van der Waals surface area contributed by atoms with Gasteiger partial charge in [-0.15, -0.1) is 0 Å². The van der Waals surface area contributed by atoms with Gasteiger partial charge in [-0.3, -0.25) is 4.79 Å². The second-order valence-corrected chi connectivity index (χ2v) is 3.18. The predicted octanol–water partition coefficient (Wildman–Crippen LogP) is 1.36. The fourth-order valence-electron chi connectivity index (χ4n) is 1.53. The molecule has 0 aromatic heterocycles. The van der Waals surface area contributed by atoms with E-state index in [0.717, 1.165) is 19.4 Å². The summed E-state index contributed by atoms with van der Waals surface area (Å²) < 4.78 is 10.5. The van der Waals surface area contributed by atoms with Gasteiger partial charge in [0.15, 0.2) is 0 Å². The zero-order valence-corrected chi connectivity index (χ0v) is 7.71. The van der Waals surface area contributed by atoms with E-state index in [1.807, 2.05) is 0 Å². The Labute approximate surface area is 73.0 Å². The highest BCUT2D eigenvalue weighted by Crippen LogP contribution is 2.20. The Hall–Kier alpha value is -0.570. The van der Waals surface area contributed by atoms with Crippen LogP contribution in [0.1, 0.15) is 26.7 Å². The van der Waals surface area contributed by atoms with Crippen molar-refractivity contribution in [1.82, 2.24) is 0 Å². The summed E-state index contributed by atoms with van der Waals surface area (Å²) in [4.78, 5) is 10.7. The van der Waals surface area contributed by atoms with Gasteiger partial charge in [-0.05, 0) is 6.42 Å². The topological polar surface area (TPSA) is 35.5 Å². The molecule has 1 aliphatic heterocycles. The van der Waals surface area contributed by atoms with E-state index in [4.69, 9.17) is 9.47 Å². The van der Waals surface area contributed by atoms with Crippen LogP contribution in [0.15, 0.2) is 0 Å². The first-order chi connectivity index (χ1) is 5.74. The number of ether oxygens (including phenoxy) is 2. The Morgan fingerprint density at radius 3 is 3.00 bits per heavy atom. The van der Waals surface area contributed by atoms with E-state index in [2.05, 4.69) is 6.92 Å². The van der Waals surface area contributed by atoms with Crippen LogP contribution < -0.4 is 0 Å². The lowest BCUT2D eigenvalue weighted by molar-refractivity contribution is -0.155. The molecular weight excluding hydrogens is 156 g/mol. The molecule has 0 aromatic carbocycles. The maximum Gasteiger partial charge on any atom is 0.302 e. The molecule has 0 bridgehead atoms. The second kappa shape index (κ2) is 4.45. The SMILES string of the molecule is CCC1COCCC1OC(C)=O. The third-order valence-electron chi connectivity index (χ3n) is 2.25. The molecule has 3 heteroatoms. The number of carbonyl (C=O) groups excluding carboxylic acids is 1. The van der Waals surface area contributed by atoms with Gasteiger partial charge < -0.3 is 9.47 Å². The molecule has 1 aliphatic rings. The van der Waals surface area contributed by atoms with Gasteiger partial charge in [-0.1, -0.05) is 6.92 Å². The van der Waals surface area contributed by atoms with Gasteiger partial charge in [-0.25, -0.2) is 0 Å². The monoisotopic (exact) mass is 172 g/mol. The minimum Gasteiger partial charge on any atom is -0.462 e. The highest BCUT2D eigenvalue weighted by atomic mass is 16.6. The standard InChI is InChI=1S/C9H16O3/c1-3-8-6-11-5-4-9(8)12-7(2)10/h8-9H,3-6H2,1-2H3. The molecule has 3 nitrogen and oxygen atoms in total. The van der Waals surface area contributed by atoms with Crippen molar-refractivity contribution in [1.29, 1.82) is 0 Å². The lowest BCUT2D eigenvalue weighted by Gasteiger charge is -2.29. The molecular formula is C9H16O3. The summed E-state index contributed by atoms with van der Waals surface area (Å²) in [5.74, 6) is 0.211. The lowest BCUT2D eigenvalue weighted by atomic mass is 9.96. The van der Waals surface area contributed by atoms with Crippen LogP contribution >= 0.6 is 0 Å². The Bertz CT molecular complexity index is 156. The molecule has 0 radical (unpaired) electrons. The molecule has 2 atom stereocenters. The van der Waals surface area contributed by atoms with E-state index in [1.165, 1.54) is 6.92 Å². The summed E-state index contributed by atoms with van der Waals surface area (Å²) in [6.07, 6.45) is 1.94. The second-order valence-electron chi connectivity index (χ2n) is 3.18. The Morgan fingerprint density at radius 2 is 2.42 bits per heavy atom. The van der Waals surface area contributed by atoms with E-state index < -0.39 is 0 Å². The molecule has 0 saturated carbocycles. The summed E-state index contributed by atoms with van der Waals surface area (Å²) in [7, 11) is 0. The largest absolute Gasteiger partial charge is 0.462 e. The molecule has 1 heterocycles. The fourth-order valence-corrected chi connectivity index (χ4v) is 1.53. The van der Waals surface area contributed by atoms with Gasteiger partial charge in [0.25, 0.3) is 0 Å². The van der Waals surface area contributed by atoms with Crippen molar-refractivity contribution < 1.29 is 14.3 Å². The minimum atomic E-state index is -0.180. The van der Waals surface area contributed by atoms with Crippen molar-refractivity contribution in [3.63, 3.8) is 0 Å². The maximum atomic E-state index is 10.7. The zero-order chi connectivity index (χ0) is 8.97. The number of carbonyl (C=O) groups is 1. The first kappa shape index (κ1) is 9.52. The molecule has 0 spiro atoms. The van der Waals surface area contributed by atoms with Gasteiger partial charge in [0.2, 0.25) is 0 Å². The van der Waals surface area contributed by atoms with Crippen LogP contribution in [0, 0.1) is 5.92 Å². The van der Waals surface area contributed by atoms with Crippen LogP contribution in [0.5, 0.6) is 0 Å². The van der Waals surface area contributed by atoms with Crippen molar-refractivity contribution >= 4 is 5.97 Å². The third kappa shape index (κ3) is 2.48. The highest BCUT2D eigenvalue weighted by molar-refractivity contribution is 5.66. The van der Waals surface area contributed by atoms with Crippen molar-refractivity contribution in [3.05, 3.63) is 0 Å². The number of hydrogen-bond acceptors (Lipinski definition) is 3. The molecule has 2 unspecified atom stereocenters. The molecule has 0 aromatic rings. The van der Waals surface area contributed by atoms with Crippen molar-refractivity contribution in [2.75, 3.05) is 13.2 Å². The van der Waals surface area contributed by atoms with Crippen LogP contribution in [0.25, 0.3) is 0 Å². The van der Waals surface area contributed by atoms with Crippen molar-refractivity contribution in [2.45, 2.75) is 32.8 Å². The highest BCUT2D eigenvalue weighted by Gasteiger charge is 2.26. The lowest BCUT2D eigenvalue weighted by Crippen LogP contribution is -2.34. The van der Waals surface area contributed by atoms with E-state index >= 15 is 0 Å². The van der Waals surface area contributed by atoms with Crippen LogP contribution in [0.2, 0.25) is 0 Å². The van der Waals surface area contributed by atoms with Gasteiger partial charge in [0.05, 0.1) is 13.2 Å². The Morgan fingerprint density at radius 1 is 1.67 bits per heavy atom. The molecule has 0 aliphatic carbocycles. The summed E-state index contributed by atoms with van der Waals surface area (Å²) in [5, 5.41) is 0. The molecule has 1 fully saturated rings. The molecule has 70 valence electrons. The quantitative estimate of drug-likeness (QED) is 0.590. The van der Waals surface area contributed by atoms with Gasteiger partial charge >= 0.3 is 5.97 Å². The normalized spacial score (nSPS) is 29.8. The van der Waals surface area contributed by atoms with Crippen molar-refractivity contribution in [3.8, 4) is 0 Å². The molecule has 1 rings (SSSR count). The van der Waals surface area contributed by atoms with Crippen LogP contribution in [-0.2, 0) is 14.3 Å². The first-order valence-electron chi connectivity index (χ1n) is 4.49. The zero-order valence-electron chi connectivity index (χ0n) is 7.71. The van der Waals surface area contributed by atoms with Gasteiger partial charge in [0.1, 0.15) is 6.10 Å². The fraction of sp³-hybridized carbons (Fsp3) is 0.889. The van der Waals surface area contributed by atoms with Gasteiger partial charge in [0, 0.05) is 19.3 Å². The molecule has 0 amide bonds. The number of rotatable bonds is 2. The van der Waals surface area contributed by atoms with Gasteiger partial charge in [-0.2, -0.15) is 0 Å². The predicted molar refractivity (Wildman–Crippen MR) is 44.8 cm³/mol. The van der Waals surface area contributed by atoms with Crippen LogP contribution in [0.4, 0.5) is 0 Å². The van der Waals surface area contributed by atoms with E-state index in [-0.39, 0.29) is 12.1 Å². The van der Waals surface area contributed by atoms with Crippen LogP contribution in [-0.4, -0.2) is 25.3 Å². The molecule has 12 heavy (non-hydrogen) atoms. The summed E-state index contributed by atoms with van der Waals surface area (Å²) in [6, 6.07) is 0. The summed E-state index contributed by atoms with van der Waals surface area (Å²) >= 11 is 0. The third-order valence-corrected chi connectivity index (χ3v) is 2.25. The summed E-state index contributed by atoms with van der Waals surface area (Å²) in [6.45, 7) is 5.00. The first-order valence-corrected chi connectivity index (χ1v) is 4.49. The number of esters is 1. The summed E-state index contributed by atoms with van der Waals surface area (Å²) in [5.41, 5.74) is 0. The van der Waals surface area contributed by atoms with E-state index in [0.29, 0.717) is 12.5 Å². The average molecular weight is 172 g/mol.